The Labute approximate surface area is 156 Å². The van der Waals surface area contributed by atoms with E-state index < -0.39 is 0 Å². The van der Waals surface area contributed by atoms with Crippen molar-refractivity contribution in [3.8, 4) is 16.4 Å². The first-order valence-electron chi connectivity index (χ1n) is 8.55. The van der Waals surface area contributed by atoms with E-state index in [1.807, 2.05) is 28.3 Å². The van der Waals surface area contributed by atoms with E-state index in [0.29, 0.717) is 5.69 Å². The molecule has 2 aromatic heterocycles. The average molecular weight is 358 g/mol. The van der Waals surface area contributed by atoms with Gasteiger partial charge in [-0.15, -0.1) is 11.3 Å². The topological polar surface area (TPSA) is 34.9 Å². The molecular weight excluding hydrogens is 340 g/mol. The highest BCUT2D eigenvalue weighted by Crippen LogP contribution is 2.25. The first kappa shape index (κ1) is 16.5. The van der Waals surface area contributed by atoms with Gasteiger partial charge >= 0.3 is 0 Å². The van der Waals surface area contributed by atoms with Crippen LogP contribution in [-0.2, 0) is 12.8 Å². The summed E-state index contributed by atoms with van der Waals surface area (Å²) in [6.07, 6.45) is 4.78. The van der Waals surface area contributed by atoms with Gasteiger partial charge in [0.15, 0.2) is 11.4 Å². The quantitative estimate of drug-likeness (QED) is 0.444. The second-order valence-corrected chi connectivity index (χ2v) is 6.96. The summed E-state index contributed by atoms with van der Waals surface area (Å²) in [4.78, 5) is 15.8. The van der Waals surface area contributed by atoms with E-state index in [2.05, 4.69) is 53.5 Å². The van der Waals surface area contributed by atoms with Gasteiger partial charge in [0.25, 0.3) is 0 Å². The molecule has 0 N–H and O–H groups in total. The van der Waals surface area contributed by atoms with Gasteiger partial charge in [-0.05, 0) is 36.1 Å². The van der Waals surface area contributed by atoms with Crippen LogP contribution in [0.2, 0.25) is 0 Å². The van der Waals surface area contributed by atoms with Crippen molar-refractivity contribution in [3.05, 3.63) is 95.1 Å². The Morgan fingerprint density at radius 3 is 2.35 bits per heavy atom. The van der Waals surface area contributed by atoms with Crippen molar-refractivity contribution in [2.45, 2.75) is 12.8 Å². The first-order chi connectivity index (χ1) is 12.8. The Morgan fingerprint density at radius 2 is 1.62 bits per heavy atom. The second-order valence-electron chi connectivity index (χ2n) is 6.12. The van der Waals surface area contributed by atoms with Crippen molar-refractivity contribution in [3.63, 3.8) is 0 Å². The summed E-state index contributed by atoms with van der Waals surface area (Å²) in [7, 11) is 0. The third kappa shape index (κ3) is 3.51. The zero-order valence-corrected chi connectivity index (χ0v) is 15.0. The van der Waals surface area contributed by atoms with Crippen LogP contribution in [0.15, 0.2) is 78.3 Å². The Morgan fingerprint density at radius 1 is 0.885 bits per heavy atom. The summed E-state index contributed by atoms with van der Waals surface area (Å²) in [6, 6.07) is 22.8. The van der Waals surface area contributed by atoms with Gasteiger partial charge < -0.3 is 0 Å². The van der Waals surface area contributed by atoms with Gasteiger partial charge in [0.05, 0.1) is 11.4 Å². The summed E-state index contributed by atoms with van der Waals surface area (Å²) in [5, 5.41) is 2.84. The molecule has 0 bridgehead atoms. The number of thiazole rings is 1. The van der Waals surface area contributed by atoms with Crippen LogP contribution in [0.1, 0.15) is 21.6 Å². The molecule has 0 radical (unpaired) electrons. The number of aryl methyl sites for hydroxylation is 2. The summed E-state index contributed by atoms with van der Waals surface area (Å²) < 4.78 is 1.81. The smallest absolute Gasteiger partial charge is 0.194 e. The molecule has 0 aliphatic rings. The molecule has 2 aromatic carbocycles. The van der Waals surface area contributed by atoms with Crippen molar-refractivity contribution in [1.29, 1.82) is 0 Å². The zero-order valence-electron chi connectivity index (χ0n) is 14.2. The van der Waals surface area contributed by atoms with Crippen LogP contribution in [0.25, 0.3) is 16.4 Å². The lowest BCUT2D eigenvalue weighted by molar-refractivity contribution is 0.111. The van der Waals surface area contributed by atoms with E-state index in [9.17, 15) is 4.79 Å². The minimum atomic E-state index is 0.613. The monoisotopic (exact) mass is 358 g/mol. The van der Waals surface area contributed by atoms with E-state index in [-0.39, 0.29) is 0 Å². The fourth-order valence-corrected chi connectivity index (χ4v) is 3.78. The Hall–Kier alpha value is -2.98. The molecule has 0 unspecified atom stereocenters. The Balaban J connectivity index is 1.48. The van der Waals surface area contributed by atoms with Gasteiger partial charge in [-0.2, -0.15) is 0 Å². The molecule has 0 amide bonds. The molecule has 128 valence electrons. The van der Waals surface area contributed by atoms with Gasteiger partial charge in [-0.3, -0.25) is 9.36 Å². The Bertz CT molecular complexity index is 1000. The van der Waals surface area contributed by atoms with Crippen LogP contribution < -0.4 is 0 Å². The fourth-order valence-electron chi connectivity index (χ4n) is 2.95. The third-order valence-corrected chi connectivity index (χ3v) is 5.23. The molecule has 0 aliphatic heterocycles. The van der Waals surface area contributed by atoms with Gasteiger partial charge in [0.1, 0.15) is 0 Å². The van der Waals surface area contributed by atoms with E-state index in [1.165, 1.54) is 22.5 Å². The SMILES string of the molecule is O=Cc1cccn1-c1nc(-c2ccc(CCc3ccccc3)cc2)cs1. The molecular formula is C22H18N2OS. The molecule has 0 spiro atoms. The van der Waals surface area contributed by atoms with Crippen LogP contribution in [0, 0.1) is 0 Å². The largest absolute Gasteiger partial charge is 0.296 e. The predicted octanol–water partition coefficient (Wildman–Crippen LogP) is 5.20. The van der Waals surface area contributed by atoms with Crippen LogP contribution in [-0.4, -0.2) is 15.8 Å². The van der Waals surface area contributed by atoms with Gasteiger partial charge in [0, 0.05) is 17.1 Å². The van der Waals surface area contributed by atoms with Crippen molar-refractivity contribution < 1.29 is 4.79 Å². The summed E-state index contributed by atoms with van der Waals surface area (Å²) >= 11 is 1.54. The number of benzene rings is 2. The van der Waals surface area contributed by atoms with E-state index in [4.69, 9.17) is 0 Å². The zero-order chi connectivity index (χ0) is 17.8. The minimum Gasteiger partial charge on any atom is -0.296 e. The molecule has 0 fully saturated rings. The first-order valence-corrected chi connectivity index (χ1v) is 9.43. The lowest BCUT2D eigenvalue weighted by atomic mass is 10.0. The molecule has 2 heterocycles. The maximum atomic E-state index is 11.1. The molecule has 0 aliphatic carbocycles. The van der Waals surface area contributed by atoms with Gasteiger partial charge in [-0.1, -0.05) is 54.6 Å². The summed E-state index contributed by atoms with van der Waals surface area (Å²) in [6.45, 7) is 0. The molecule has 3 nitrogen and oxygen atoms in total. The molecule has 26 heavy (non-hydrogen) atoms. The van der Waals surface area contributed by atoms with E-state index in [1.54, 1.807) is 6.07 Å². The number of aldehydes is 1. The van der Waals surface area contributed by atoms with Crippen LogP contribution >= 0.6 is 11.3 Å². The molecule has 0 atom stereocenters. The highest BCUT2D eigenvalue weighted by Gasteiger charge is 2.09. The molecule has 4 rings (SSSR count). The number of hydrogen-bond acceptors (Lipinski definition) is 3. The van der Waals surface area contributed by atoms with Crippen molar-refractivity contribution in [2.75, 3.05) is 0 Å². The number of aromatic nitrogens is 2. The van der Waals surface area contributed by atoms with Crippen molar-refractivity contribution in [2.24, 2.45) is 0 Å². The normalized spacial score (nSPS) is 10.8. The van der Waals surface area contributed by atoms with E-state index in [0.717, 1.165) is 35.5 Å². The number of carbonyl (C=O) groups excluding carboxylic acids is 1. The lowest BCUT2D eigenvalue weighted by Gasteiger charge is -2.04. The number of nitrogens with zero attached hydrogens (tertiary/aromatic N) is 2. The predicted molar refractivity (Wildman–Crippen MR) is 106 cm³/mol. The third-order valence-electron chi connectivity index (χ3n) is 4.39. The van der Waals surface area contributed by atoms with Crippen molar-refractivity contribution in [1.82, 2.24) is 9.55 Å². The van der Waals surface area contributed by atoms with Crippen molar-refractivity contribution >= 4 is 17.6 Å². The Kier molecular flexibility index (Phi) is 4.75. The number of rotatable bonds is 6. The molecule has 4 heteroatoms. The van der Waals surface area contributed by atoms with Gasteiger partial charge in [0.2, 0.25) is 0 Å². The number of hydrogen-bond donors (Lipinski definition) is 0. The van der Waals surface area contributed by atoms with Crippen LogP contribution in [0.5, 0.6) is 0 Å². The van der Waals surface area contributed by atoms with Gasteiger partial charge in [-0.25, -0.2) is 4.98 Å². The highest BCUT2D eigenvalue weighted by molar-refractivity contribution is 7.12. The number of carbonyl (C=O) groups is 1. The maximum Gasteiger partial charge on any atom is 0.194 e. The summed E-state index contributed by atoms with van der Waals surface area (Å²) in [5.41, 5.74) is 5.32. The standard InChI is InChI=1S/C22H18N2OS/c25-15-20-7-4-14-24(20)22-23-21(16-26-22)19-12-10-18(11-13-19)9-8-17-5-2-1-3-6-17/h1-7,10-16H,8-9H2. The maximum absolute atomic E-state index is 11.1. The summed E-state index contributed by atoms with van der Waals surface area (Å²) in [5.74, 6) is 0. The lowest BCUT2D eigenvalue weighted by Crippen LogP contribution is -1.96. The average Bonchev–Trinajstić information content (AvgIpc) is 3.36. The fraction of sp³-hybridized carbons (Fsp3) is 0.0909. The molecule has 0 saturated carbocycles. The molecule has 0 saturated heterocycles. The van der Waals surface area contributed by atoms with E-state index >= 15 is 0 Å². The van der Waals surface area contributed by atoms with Crippen LogP contribution in [0.4, 0.5) is 0 Å². The van der Waals surface area contributed by atoms with Crippen LogP contribution in [0.3, 0.4) is 0 Å². The highest BCUT2D eigenvalue weighted by atomic mass is 32.1. The minimum absolute atomic E-state index is 0.613. The second kappa shape index (κ2) is 7.50. The molecule has 4 aromatic rings.